The number of halogens is 1. The third-order valence-electron chi connectivity index (χ3n) is 6.78. The first kappa shape index (κ1) is 24.3. The minimum absolute atomic E-state index is 0.0590. The number of hydrogen-bond donors (Lipinski definition) is 1. The molecular formula is C26H35FN2O2Si. The van der Waals surface area contributed by atoms with Crippen LogP contribution in [0.3, 0.4) is 0 Å². The van der Waals surface area contributed by atoms with Gasteiger partial charge in [0.2, 0.25) is 8.32 Å². The van der Waals surface area contributed by atoms with Gasteiger partial charge in [0.05, 0.1) is 0 Å². The zero-order chi connectivity index (χ0) is 23.5. The van der Waals surface area contributed by atoms with Gasteiger partial charge in [0.15, 0.2) is 0 Å². The van der Waals surface area contributed by atoms with Crippen LogP contribution in [0.4, 0.5) is 4.39 Å². The van der Waals surface area contributed by atoms with Crippen molar-refractivity contribution in [1.82, 2.24) is 5.48 Å². The lowest BCUT2D eigenvalue weighted by atomic mass is 9.83. The number of nitrogens with zero attached hydrogens (tertiary/aromatic N) is 1. The first-order valence-corrected chi connectivity index (χ1v) is 14.2. The van der Waals surface area contributed by atoms with Gasteiger partial charge >= 0.3 is 0 Å². The van der Waals surface area contributed by atoms with Crippen LogP contribution in [0, 0.1) is 18.7 Å². The van der Waals surface area contributed by atoms with Crippen molar-refractivity contribution in [3.05, 3.63) is 71.0 Å². The van der Waals surface area contributed by atoms with E-state index in [9.17, 15) is 9.18 Å². The Bertz CT molecular complexity index is 963. The highest BCUT2D eigenvalue weighted by Crippen LogP contribution is 2.37. The quantitative estimate of drug-likeness (QED) is 0.414. The van der Waals surface area contributed by atoms with E-state index in [1.165, 1.54) is 23.3 Å². The van der Waals surface area contributed by atoms with Gasteiger partial charge in [0, 0.05) is 31.2 Å². The summed E-state index contributed by atoms with van der Waals surface area (Å²) in [6.45, 7) is 13.6. The van der Waals surface area contributed by atoms with Crippen LogP contribution in [0.1, 0.15) is 49.8 Å². The molecule has 0 saturated heterocycles. The Morgan fingerprint density at radius 1 is 1.12 bits per heavy atom. The Morgan fingerprint density at radius 2 is 1.75 bits per heavy atom. The first-order chi connectivity index (χ1) is 15.0. The van der Waals surface area contributed by atoms with E-state index in [4.69, 9.17) is 9.52 Å². The maximum atomic E-state index is 13.2. The van der Waals surface area contributed by atoms with E-state index in [0.29, 0.717) is 13.0 Å². The van der Waals surface area contributed by atoms with Gasteiger partial charge in [-0.15, -0.1) is 0 Å². The Kier molecular flexibility index (Phi) is 7.35. The van der Waals surface area contributed by atoms with E-state index < -0.39 is 8.32 Å². The van der Waals surface area contributed by atoms with Crippen molar-refractivity contribution in [3.63, 3.8) is 0 Å². The van der Waals surface area contributed by atoms with Crippen molar-refractivity contribution in [2.75, 3.05) is 6.54 Å². The molecule has 0 bridgehead atoms. The lowest BCUT2D eigenvalue weighted by Crippen LogP contribution is -2.47. The topological polar surface area (TPSA) is 50.7 Å². The van der Waals surface area contributed by atoms with Crippen LogP contribution in [0.15, 0.2) is 53.5 Å². The van der Waals surface area contributed by atoms with Gasteiger partial charge in [0.1, 0.15) is 17.4 Å². The van der Waals surface area contributed by atoms with Crippen LogP contribution in [0.25, 0.3) is 0 Å². The molecule has 6 heteroatoms. The number of aryl methyl sites for hydroxylation is 1. The number of carbonyl (C=O) groups is 1. The molecule has 1 unspecified atom stereocenters. The predicted molar refractivity (Wildman–Crippen MR) is 131 cm³/mol. The molecular weight excluding hydrogens is 419 g/mol. The third-order valence-corrected chi connectivity index (χ3v) is 11.0. The molecule has 0 aliphatic carbocycles. The molecule has 1 aliphatic rings. The van der Waals surface area contributed by atoms with Gasteiger partial charge in [-0.2, -0.15) is 0 Å². The molecule has 0 saturated carbocycles. The number of rotatable bonds is 7. The van der Waals surface area contributed by atoms with Crippen molar-refractivity contribution >= 4 is 19.9 Å². The second-order valence-electron chi connectivity index (χ2n) is 10.4. The number of Topliss-reactive ketones (excluding diaryl/α,β-unsaturated/α-hetero) is 1. The second-order valence-corrected chi connectivity index (χ2v) is 15.1. The number of nitrogens with one attached hydrogen (secondary N) is 1. The highest BCUT2D eigenvalue weighted by molar-refractivity contribution is 6.74. The number of aliphatic imine (C=N–C) groups is 1. The van der Waals surface area contributed by atoms with Crippen LogP contribution in [0.2, 0.25) is 18.1 Å². The van der Waals surface area contributed by atoms with Crippen LogP contribution < -0.4 is 5.48 Å². The zero-order valence-electron chi connectivity index (χ0n) is 20.0. The minimum atomic E-state index is -2.03. The van der Waals surface area contributed by atoms with E-state index in [0.717, 1.165) is 11.4 Å². The molecule has 2 aromatic rings. The van der Waals surface area contributed by atoms with E-state index in [2.05, 4.69) is 70.5 Å². The smallest absolute Gasteiger partial charge is 0.228 e. The molecule has 2 aromatic carbocycles. The average Bonchev–Trinajstić information content (AvgIpc) is 3.10. The fourth-order valence-electron chi connectivity index (χ4n) is 3.61. The van der Waals surface area contributed by atoms with Gasteiger partial charge in [-0.1, -0.05) is 62.7 Å². The highest BCUT2D eigenvalue weighted by Gasteiger charge is 2.40. The van der Waals surface area contributed by atoms with E-state index in [1.807, 2.05) is 0 Å². The summed E-state index contributed by atoms with van der Waals surface area (Å²) in [6, 6.07) is 14.6. The Hall–Kier alpha value is -2.31. The van der Waals surface area contributed by atoms with E-state index >= 15 is 0 Å². The fourth-order valence-corrected chi connectivity index (χ4v) is 4.28. The number of hydrogen-bond acceptors (Lipinski definition) is 4. The SMILES string of the molecule is Cc1ccc([C@@H]2CN=C(NO[Si](C)(C)C(C)(C)C)C2CC(=O)Cc2ccc(F)cc2)cc1. The van der Waals surface area contributed by atoms with Crippen LogP contribution in [0.5, 0.6) is 0 Å². The van der Waals surface area contributed by atoms with Gasteiger partial charge in [-0.05, 0) is 48.3 Å². The minimum Gasteiger partial charge on any atom is -0.321 e. The maximum Gasteiger partial charge on any atom is 0.228 e. The van der Waals surface area contributed by atoms with Crippen molar-refractivity contribution in [2.45, 2.75) is 64.6 Å². The Morgan fingerprint density at radius 3 is 2.34 bits per heavy atom. The van der Waals surface area contributed by atoms with Crippen molar-refractivity contribution in [3.8, 4) is 0 Å². The monoisotopic (exact) mass is 454 g/mol. The van der Waals surface area contributed by atoms with Gasteiger partial charge in [-0.25, -0.2) is 4.39 Å². The summed E-state index contributed by atoms with van der Waals surface area (Å²) >= 11 is 0. The lowest BCUT2D eigenvalue weighted by molar-refractivity contribution is -0.119. The number of ketones is 1. The molecule has 3 rings (SSSR count). The fraction of sp³-hybridized carbons (Fsp3) is 0.462. The second kappa shape index (κ2) is 9.67. The molecule has 2 atom stereocenters. The number of carbonyl (C=O) groups excluding carboxylic acids is 1. The van der Waals surface area contributed by atoms with Crippen molar-refractivity contribution in [2.24, 2.45) is 10.9 Å². The van der Waals surface area contributed by atoms with E-state index in [1.54, 1.807) is 12.1 Å². The summed E-state index contributed by atoms with van der Waals surface area (Å²) in [5.41, 5.74) is 6.39. The summed E-state index contributed by atoms with van der Waals surface area (Å²) < 4.78 is 19.4. The van der Waals surface area contributed by atoms with Crippen LogP contribution >= 0.6 is 0 Å². The highest BCUT2D eigenvalue weighted by atomic mass is 28.4. The van der Waals surface area contributed by atoms with Crippen LogP contribution in [-0.4, -0.2) is 26.5 Å². The van der Waals surface area contributed by atoms with Crippen LogP contribution in [-0.2, 0) is 15.7 Å². The molecule has 1 aliphatic heterocycles. The summed E-state index contributed by atoms with van der Waals surface area (Å²) in [6.07, 6.45) is 0.649. The Balaban J connectivity index is 1.77. The molecule has 32 heavy (non-hydrogen) atoms. The van der Waals surface area contributed by atoms with Gasteiger partial charge in [0.25, 0.3) is 0 Å². The molecule has 0 aromatic heterocycles. The first-order valence-electron chi connectivity index (χ1n) is 11.3. The normalized spacial score (nSPS) is 19.0. The molecule has 0 spiro atoms. The lowest BCUT2D eigenvalue weighted by Gasteiger charge is -2.36. The zero-order valence-corrected chi connectivity index (χ0v) is 21.0. The van der Waals surface area contributed by atoms with Crippen molar-refractivity contribution in [1.29, 1.82) is 0 Å². The summed E-state index contributed by atoms with van der Waals surface area (Å²) in [5.74, 6) is 0.627. The molecule has 0 amide bonds. The maximum absolute atomic E-state index is 13.2. The average molecular weight is 455 g/mol. The molecule has 0 radical (unpaired) electrons. The molecule has 0 fully saturated rings. The number of amidine groups is 1. The standard InChI is InChI=1S/C26H35FN2O2Si/c1-18-7-11-20(12-8-18)24-17-28-25(29-31-32(5,6)26(2,3)4)23(24)16-22(30)15-19-9-13-21(27)14-10-19/h7-14,23-24H,15-17H2,1-6H3,(H,28,29)/t23?,24-/m0/s1. The van der Waals surface area contributed by atoms with E-state index in [-0.39, 0.29) is 34.9 Å². The largest absolute Gasteiger partial charge is 0.321 e. The summed E-state index contributed by atoms with van der Waals surface area (Å²) in [4.78, 5) is 17.7. The molecule has 172 valence electrons. The predicted octanol–water partition coefficient (Wildman–Crippen LogP) is 5.97. The number of benzene rings is 2. The summed E-state index contributed by atoms with van der Waals surface area (Å²) in [7, 11) is -2.03. The molecule has 1 heterocycles. The molecule has 1 N–H and O–H groups in total. The van der Waals surface area contributed by atoms with Gasteiger partial charge < -0.3 is 4.53 Å². The third kappa shape index (κ3) is 5.93. The number of hydroxylamine groups is 1. The van der Waals surface area contributed by atoms with Crippen molar-refractivity contribution < 1.29 is 13.7 Å². The Labute approximate surface area is 192 Å². The molecule has 4 nitrogen and oxygen atoms in total. The van der Waals surface area contributed by atoms with Gasteiger partial charge in [-0.3, -0.25) is 15.3 Å². The summed E-state index contributed by atoms with van der Waals surface area (Å²) in [5, 5.41) is 0.0590.